The number of nitrogens with zero attached hydrogens (tertiary/aromatic N) is 2. The molecule has 0 aromatic carbocycles. The molecule has 92 valence electrons. The number of aryl methyl sites for hydroxylation is 1. The highest BCUT2D eigenvalue weighted by atomic mass is 16.2. The summed E-state index contributed by atoms with van der Waals surface area (Å²) in [6.45, 7) is 0.242. The van der Waals surface area contributed by atoms with Crippen LogP contribution in [0.5, 0.6) is 0 Å². The molecule has 2 aromatic rings. The highest BCUT2D eigenvalue weighted by Gasteiger charge is 2.06. The summed E-state index contributed by atoms with van der Waals surface area (Å²) in [6, 6.07) is 3.43. The Morgan fingerprint density at radius 1 is 1.39 bits per heavy atom. The van der Waals surface area contributed by atoms with Gasteiger partial charge in [0.2, 0.25) is 0 Å². The maximum atomic E-state index is 11.7. The van der Waals surface area contributed by atoms with E-state index in [0.29, 0.717) is 11.1 Å². The highest BCUT2D eigenvalue weighted by molar-refractivity contribution is 5.59. The van der Waals surface area contributed by atoms with Gasteiger partial charge in [-0.15, -0.1) is 0 Å². The Labute approximate surface area is 102 Å². The molecular formula is C12H11N3O3. The van der Waals surface area contributed by atoms with Crippen molar-refractivity contribution in [1.29, 1.82) is 0 Å². The minimum Gasteiger partial charge on any atom is -0.303 e. The maximum Gasteiger partial charge on any atom is 0.328 e. The molecule has 0 saturated heterocycles. The largest absolute Gasteiger partial charge is 0.328 e. The third-order valence-electron chi connectivity index (χ3n) is 2.47. The fourth-order valence-corrected chi connectivity index (χ4v) is 1.59. The quantitative estimate of drug-likeness (QED) is 0.779. The number of nitrogens with one attached hydrogen (secondary N) is 1. The first-order valence-corrected chi connectivity index (χ1v) is 5.40. The van der Waals surface area contributed by atoms with Crippen molar-refractivity contribution in [2.75, 3.05) is 0 Å². The summed E-state index contributed by atoms with van der Waals surface area (Å²) < 4.78 is 1.30. The van der Waals surface area contributed by atoms with Gasteiger partial charge in [-0.3, -0.25) is 19.3 Å². The van der Waals surface area contributed by atoms with Crippen LogP contribution < -0.4 is 11.2 Å². The SMILES string of the molecule is O=CCCn1cc(-c2cccnc2)c(=O)[nH]c1=O. The second kappa shape index (κ2) is 5.22. The molecular weight excluding hydrogens is 234 g/mol. The Morgan fingerprint density at radius 2 is 2.22 bits per heavy atom. The molecule has 0 aliphatic carbocycles. The van der Waals surface area contributed by atoms with E-state index in [4.69, 9.17) is 0 Å². The molecule has 2 rings (SSSR count). The Balaban J connectivity index is 2.52. The molecule has 1 N–H and O–H groups in total. The molecule has 2 aromatic heterocycles. The van der Waals surface area contributed by atoms with Gasteiger partial charge in [-0.1, -0.05) is 6.07 Å². The lowest BCUT2D eigenvalue weighted by Gasteiger charge is -2.05. The molecule has 6 nitrogen and oxygen atoms in total. The van der Waals surface area contributed by atoms with Crippen molar-refractivity contribution in [1.82, 2.24) is 14.5 Å². The Morgan fingerprint density at radius 3 is 2.89 bits per heavy atom. The number of aromatic nitrogens is 3. The fourth-order valence-electron chi connectivity index (χ4n) is 1.59. The molecule has 0 aliphatic heterocycles. The van der Waals surface area contributed by atoms with Gasteiger partial charge in [0.15, 0.2) is 0 Å². The summed E-state index contributed by atoms with van der Waals surface area (Å²) in [7, 11) is 0. The number of rotatable bonds is 4. The van der Waals surface area contributed by atoms with E-state index in [9.17, 15) is 14.4 Å². The number of aldehydes is 1. The van der Waals surface area contributed by atoms with E-state index >= 15 is 0 Å². The van der Waals surface area contributed by atoms with Gasteiger partial charge in [0.05, 0.1) is 5.56 Å². The summed E-state index contributed by atoms with van der Waals surface area (Å²) in [5, 5.41) is 0. The molecule has 0 saturated carbocycles. The van der Waals surface area contributed by atoms with Crippen LogP contribution in [0.2, 0.25) is 0 Å². The van der Waals surface area contributed by atoms with Gasteiger partial charge in [0, 0.05) is 37.1 Å². The van der Waals surface area contributed by atoms with Crippen molar-refractivity contribution in [3.05, 3.63) is 51.6 Å². The average molecular weight is 245 g/mol. The molecule has 2 heterocycles. The van der Waals surface area contributed by atoms with Crippen molar-refractivity contribution >= 4 is 6.29 Å². The van der Waals surface area contributed by atoms with Crippen molar-refractivity contribution in [3.8, 4) is 11.1 Å². The van der Waals surface area contributed by atoms with Gasteiger partial charge in [-0.25, -0.2) is 4.79 Å². The molecule has 0 fully saturated rings. The summed E-state index contributed by atoms with van der Waals surface area (Å²) in [5.74, 6) is 0. The van der Waals surface area contributed by atoms with Crippen molar-refractivity contribution in [3.63, 3.8) is 0 Å². The molecule has 0 bridgehead atoms. The predicted molar refractivity (Wildman–Crippen MR) is 65.2 cm³/mol. The van der Waals surface area contributed by atoms with E-state index in [1.54, 1.807) is 24.5 Å². The van der Waals surface area contributed by atoms with Crippen LogP contribution in [-0.2, 0) is 11.3 Å². The van der Waals surface area contributed by atoms with Crippen LogP contribution in [-0.4, -0.2) is 20.8 Å². The van der Waals surface area contributed by atoms with Gasteiger partial charge in [-0.2, -0.15) is 0 Å². The minimum absolute atomic E-state index is 0.221. The van der Waals surface area contributed by atoms with Crippen LogP contribution in [0.3, 0.4) is 0 Å². The molecule has 0 aliphatic rings. The summed E-state index contributed by atoms with van der Waals surface area (Å²) in [4.78, 5) is 39.7. The molecule has 0 spiro atoms. The lowest BCUT2D eigenvalue weighted by Crippen LogP contribution is -2.30. The monoisotopic (exact) mass is 245 g/mol. The first-order chi connectivity index (χ1) is 8.72. The van der Waals surface area contributed by atoms with E-state index < -0.39 is 11.2 Å². The Kier molecular flexibility index (Phi) is 3.47. The van der Waals surface area contributed by atoms with Gasteiger partial charge in [0.1, 0.15) is 6.29 Å². The smallest absolute Gasteiger partial charge is 0.303 e. The lowest BCUT2D eigenvalue weighted by molar-refractivity contribution is -0.108. The second-order valence-corrected chi connectivity index (χ2v) is 3.69. The number of carbonyl (C=O) groups excluding carboxylic acids is 1. The van der Waals surface area contributed by atoms with Gasteiger partial charge in [0.25, 0.3) is 5.56 Å². The van der Waals surface area contributed by atoms with E-state index in [0.717, 1.165) is 6.29 Å². The zero-order valence-electron chi connectivity index (χ0n) is 9.50. The lowest BCUT2D eigenvalue weighted by atomic mass is 10.1. The number of carbonyl (C=O) groups is 1. The molecule has 6 heteroatoms. The number of pyridine rings is 1. The molecule has 0 unspecified atom stereocenters. The zero-order chi connectivity index (χ0) is 13.0. The minimum atomic E-state index is -0.519. The number of aromatic amines is 1. The summed E-state index contributed by atoms with van der Waals surface area (Å²) in [6.07, 6.45) is 5.53. The Bertz CT molecular complexity index is 658. The van der Waals surface area contributed by atoms with Crippen molar-refractivity contribution < 1.29 is 4.79 Å². The van der Waals surface area contributed by atoms with Crippen LogP contribution >= 0.6 is 0 Å². The molecule has 0 atom stereocenters. The molecule has 0 radical (unpaired) electrons. The number of hydrogen-bond donors (Lipinski definition) is 1. The number of hydrogen-bond acceptors (Lipinski definition) is 4. The zero-order valence-corrected chi connectivity index (χ0v) is 9.50. The van der Waals surface area contributed by atoms with Crippen LogP contribution in [0, 0.1) is 0 Å². The third kappa shape index (κ3) is 2.42. The van der Waals surface area contributed by atoms with E-state index in [-0.39, 0.29) is 13.0 Å². The van der Waals surface area contributed by atoms with Gasteiger partial charge < -0.3 is 4.79 Å². The standard InChI is InChI=1S/C12H11N3O3/c16-6-2-5-15-8-10(11(17)14-12(15)18)9-3-1-4-13-7-9/h1,3-4,6-8H,2,5H2,(H,14,17,18). The van der Waals surface area contributed by atoms with Crippen LogP contribution in [0.25, 0.3) is 11.1 Å². The van der Waals surface area contributed by atoms with E-state index in [2.05, 4.69) is 9.97 Å². The molecule has 0 amide bonds. The first-order valence-electron chi connectivity index (χ1n) is 5.40. The van der Waals surface area contributed by atoms with E-state index in [1.807, 2.05) is 0 Å². The van der Waals surface area contributed by atoms with E-state index in [1.165, 1.54) is 10.8 Å². The maximum absolute atomic E-state index is 11.7. The van der Waals surface area contributed by atoms with Crippen LogP contribution in [0.1, 0.15) is 6.42 Å². The summed E-state index contributed by atoms with van der Waals surface area (Å²) in [5.41, 5.74) is -0.00274. The van der Waals surface area contributed by atoms with Crippen molar-refractivity contribution in [2.24, 2.45) is 0 Å². The normalized spacial score (nSPS) is 10.2. The first kappa shape index (κ1) is 12.0. The average Bonchev–Trinajstić information content (AvgIpc) is 2.39. The van der Waals surface area contributed by atoms with Crippen molar-refractivity contribution in [2.45, 2.75) is 13.0 Å². The van der Waals surface area contributed by atoms with Gasteiger partial charge in [-0.05, 0) is 6.07 Å². The van der Waals surface area contributed by atoms with Crippen LogP contribution in [0.15, 0.2) is 40.3 Å². The topological polar surface area (TPSA) is 84.8 Å². The Hall–Kier alpha value is -2.50. The summed E-state index contributed by atoms with van der Waals surface area (Å²) >= 11 is 0. The van der Waals surface area contributed by atoms with Gasteiger partial charge >= 0.3 is 5.69 Å². The highest BCUT2D eigenvalue weighted by Crippen LogP contribution is 2.11. The third-order valence-corrected chi connectivity index (χ3v) is 2.47. The fraction of sp³-hybridized carbons (Fsp3) is 0.167. The van der Waals surface area contributed by atoms with Crippen LogP contribution in [0.4, 0.5) is 0 Å². The number of H-pyrrole nitrogens is 1. The molecule has 18 heavy (non-hydrogen) atoms. The predicted octanol–water partition coefficient (Wildman–Crippen LogP) is 0.188. The second-order valence-electron chi connectivity index (χ2n) is 3.69.